The fourth-order valence-electron chi connectivity index (χ4n) is 10.0. The Bertz CT molecular complexity index is 3530. The van der Waals surface area contributed by atoms with E-state index in [0.29, 0.717) is 0 Å². The van der Waals surface area contributed by atoms with E-state index in [2.05, 4.69) is 298 Å². The van der Waals surface area contributed by atoms with Crippen LogP contribution >= 0.6 is 0 Å². The number of anilines is 4. The molecule has 2 heteroatoms. The first-order chi connectivity index (χ1) is 34.9. The van der Waals surface area contributed by atoms with E-state index < -0.39 is 0 Å². The van der Waals surface area contributed by atoms with Crippen molar-refractivity contribution in [3.8, 4) is 44.5 Å². The van der Waals surface area contributed by atoms with E-state index in [1.165, 1.54) is 44.5 Å². The van der Waals surface area contributed by atoms with E-state index in [0.717, 1.165) is 78.5 Å². The molecule has 0 aliphatic carbocycles. The first-order valence-electron chi connectivity index (χ1n) is 24.5. The Morgan fingerprint density at radius 3 is 1.41 bits per heavy atom. The quantitative estimate of drug-likeness (QED) is 0.155. The van der Waals surface area contributed by atoms with Crippen molar-refractivity contribution in [3.63, 3.8) is 0 Å². The monoisotopic (exact) mass is 910 g/mol. The molecule has 0 bridgehead atoms. The summed E-state index contributed by atoms with van der Waals surface area (Å²) in [5.41, 5.74) is 24.9. The second-order valence-corrected chi connectivity index (χ2v) is 18.4. The van der Waals surface area contributed by atoms with E-state index in [-0.39, 0.29) is 0 Å². The van der Waals surface area contributed by atoms with Gasteiger partial charge in [-0.1, -0.05) is 194 Å². The number of nitrogens with zero attached hydrogens (tertiary/aromatic N) is 1. The zero-order valence-electron chi connectivity index (χ0n) is 40.4. The number of nitrogens with one attached hydrogen (secondary N) is 1. The standard InChI is InChI=1S/C69H54N2/c1-48-32-35-56(53-24-11-5-12-25-53)44-64(48)68-46-59(69-49(2)20-19-21-50(69)3)43-58(42-51-33-36-55(37-34-51)52-22-9-4-10-23-52)63-40-39-62(71(60-28-15-7-16-29-60)61-30-17-8-18-31-61)47-65(63)66-45-57(38-41-67(66)70-68)54-26-13-6-14-27-54/h4-47,70H,1-3H3/b58-42-,59-43+,68-46-. The first-order valence-corrected chi connectivity index (χ1v) is 24.5. The Balaban J connectivity index is 1.23. The summed E-state index contributed by atoms with van der Waals surface area (Å²) in [5, 5.41) is 4.15. The highest BCUT2D eigenvalue weighted by Gasteiger charge is 2.23. The average molecular weight is 911 g/mol. The SMILES string of the molecule is Cc1ccc(-c2ccccc2)cc1/C1=C/C(c2c(C)cccc2C)=C\C(=C\c2ccc(-c3ccccc3)cc2)c2ccc(N(c3ccccc3)c3ccccc3)cc2-c2cc(-c3ccccc3)ccc2N1. The molecule has 0 atom stereocenters. The van der Waals surface area contributed by atoms with Crippen LogP contribution in [0.5, 0.6) is 0 Å². The molecule has 2 nitrogen and oxygen atoms in total. The summed E-state index contributed by atoms with van der Waals surface area (Å²) in [6.07, 6.45) is 7.19. The molecule has 1 aliphatic heterocycles. The number of aryl methyl sites for hydroxylation is 3. The van der Waals surface area contributed by atoms with Crippen LogP contribution < -0.4 is 10.2 Å². The normalized spacial score (nSPS) is 14.2. The predicted molar refractivity (Wildman–Crippen MR) is 304 cm³/mol. The molecule has 0 saturated heterocycles. The van der Waals surface area contributed by atoms with E-state index in [1.54, 1.807) is 0 Å². The van der Waals surface area contributed by atoms with E-state index in [4.69, 9.17) is 0 Å². The van der Waals surface area contributed by atoms with Crippen LogP contribution in [0.4, 0.5) is 22.7 Å². The second kappa shape index (κ2) is 19.9. The molecule has 11 rings (SSSR count). The van der Waals surface area contributed by atoms with Crippen LogP contribution in [0.2, 0.25) is 0 Å². The van der Waals surface area contributed by atoms with Crippen LogP contribution in [-0.2, 0) is 0 Å². The lowest BCUT2D eigenvalue weighted by Crippen LogP contribution is -2.10. The third kappa shape index (κ3) is 9.44. The van der Waals surface area contributed by atoms with Gasteiger partial charge in [0, 0.05) is 39.6 Å². The van der Waals surface area contributed by atoms with Gasteiger partial charge in [0.25, 0.3) is 0 Å². The van der Waals surface area contributed by atoms with Gasteiger partial charge in [0.2, 0.25) is 0 Å². The third-order valence-corrected chi connectivity index (χ3v) is 13.6. The van der Waals surface area contributed by atoms with E-state index in [1.807, 2.05) is 0 Å². The van der Waals surface area contributed by atoms with Gasteiger partial charge in [-0.2, -0.15) is 0 Å². The number of para-hydroxylation sites is 2. The lowest BCUT2D eigenvalue weighted by atomic mass is 9.85. The molecule has 0 aromatic heterocycles. The maximum atomic E-state index is 4.15. The van der Waals surface area contributed by atoms with Crippen molar-refractivity contribution < 1.29 is 0 Å². The van der Waals surface area contributed by atoms with Gasteiger partial charge in [0.1, 0.15) is 0 Å². The molecule has 0 unspecified atom stereocenters. The van der Waals surface area contributed by atoms with Crippen LogP contribution in [0.3, 0.4) is 0 Å². The molecule has 71 heavy (non-hydrogen) atoms. The largest absolute Gasteiger partial charge is 0.355 e. The number of hydrogen-bond acceptors (Lipinski definition) is 2. The van der Waals surface area contributed by atoms with Gasteiger partial charge in [-0.05, 0) is 177 Å². The van der Waals surface area contributed by atoms with Crippen LogP contribution in [-0.4, -0.2) is 0 Å². The average Bonchev–Trinajstić information content (AvgIpc) is 3.42. The molecule has 0 saturated carbocycles. The number of allylic oxidation sites excluding steroid dienone is 4. The lowest BCUT2D eigenvalue weighted by molar-refractivity contribution is 1.28. The Hall–Kier alpha value is -8.98. The smallest absolute Gasteiger partial charge is 0.0468 e. The molecule has 340 valence electrons. The molecule has 0 fully saturated rings. The summed E-state index contributed by atoms with van der Waals surface area (Å²) in [4.78, 5) is 2.36. The third-order valence-electron chi connectivity index (χ3n) is 13.6. The Morgan fingerprint density at radius 2 is 0.831 bits per heavy atom. The molecule has 1 heterocycles. The van der Waals surface area contributed by atoms with Crippen molar-refractivity contribution in [1.82, 2.24) is 0 Å². The minimum absolute atomic E-state index is 1.01. The zero-order chi connectivity index (χ0) is 48.1. The fraction of sp³-hybridized carbons (Fsp3) is 0.0435. The van der Waals surface area contributed by atoms with E-state index in [9.17, 15) is 0 Å². The van der Waals surface area contributed by atoms with E-state index >= 15 is 0 Å². The van der Waals surface area contributed by atoms with Crippen molar-refractivity contribution in [2.75, 3.05) is 10.2 Å². The zero-order valence-corrected chi connectivity index (χ0v) is 40.4. The summed E-state index contributed by atoms with van der Waals surface area (Å²) < 4.78 is 0. The molecular formula is C69H54N2. The number of rotatable bonds is 9. The highest BCUT2D eigenvalue weighted by molar-refractivity contribution is 6.05. The topological polar surface area (TPSA) is 15.3 Å². The molecule has 10 aromatic carbocycles. The van der Waals surface area contributed by atoms with Gasteiger partial charge in [0.05, 0.1) is 0 Å². The van der Waals surface area contributed by atoms with Crippen molar-refractivity contribution in [2.24, 2.45) is 0 Å². The van der Waals surface area contributed by atoms with Gasteiger partial charge >= 0.3 is 0 Å². The van der Waals surface area contributed by atoms with Crippen molar-refractivity contribution in [3.05, 3.63) is 300 Å². The summed E-state index contributed by atoms with van der Waals surface area (Å²) in [6, 6.07) is 89.8. The second-order valence-electron chi connectivity index (χ2n) is 18.4. The number of benzene rings is 10. The fourth-order valence-corrected chi connectivity index (χ4v) is 10.0. The summed E-state index contributed by atoms with van der Waals surface area (Å²) in [5.74, 6) is 0. The van der Waals surface area contributed by atoms with Crippen molar-refractivity contribution >= 4 is 45.7 Å². The van der Waals surface area contributed by atoms with Crippen LogP contribution in [0, 0.1) is 20.8 Å². The maximum Gasteiger partial charge on any atom is 0.0468 e. The van der Waals surface area contributed by atoms with Crippen LogP contribution in [0.1, 0.15) is 38.9 Å². The summed E-state index contributed by atoms with van der Waals surface area (Å²) >= 11 is 0. The molecule has 0 radical (unpaired) electrons. The van der Waals surface area contributed by atoms with Crippen LogP contribution in [0.25, 0.3) is 67.4 Å². The van der Waals surface area contributed by atoms with Crippen molar-refractivity contribution in [2.45, 2.75) is 20.8 Å². The molecule has 0 amide bonds. The first kappa shape index (κ1) is 44.5. The highest BCUT2D eigenvalue weighted by Crippen LogP contribution is 2.46. The number of fused-ring (bicyclic) bond motifs is 3. The number of hydrogen-bond donors (Lipinski definition) is 1. The minimum Gasteiger partial charge on any atom is -0.355 e. The van der Waals surface area contributed by atoms with Gasteiger partial charge in [0.15, 0.2) is 0 Å². The molecule has 10 aromatic rings. The minimum atomic E-state index is 1.01. The molecule has 1 aliphatic rings. The molecule has 1 N–H and O–H groups in total. The van der Waals surface area contributed by atoms with Gasteiger partial charge in [-0.15, -0.1) is 0 Å². The van der Waals surface area contributed by atoms with Gasteiger partial charge in [-0.3, -0.25) is 0 Å². The predicted octanol–water partition coefficient (Wildman–Crippen LogP) is 18.8. The Labute approximate surface area is 418 Å². The maximum absolute atomic E-state index is 4.15. The lowest BCUT2D eigenvalue weighted by Gasteiger charge is -2.28. The summed E-state index contributed by atoms with van der Waals surface area (Å²) in [7, 11) is 0. The van der Waals surface area contributed by atoms with Crippen molar-refractivity contribution in [1.29, 1.82) is 0 Å². The van der Waals surface area contributed by atoms with Crippen LogP contribution in [0.15, 0.2) is 261 Å². The molecular weight excluding hydrogens is 857 g/mol. The highest BCUT2D eigenvalue weighted by atomic mass is 15.1. The van der Waals surface area contributed by atoms with Gasteiger partial charge < -0.3 is 10.2 Å². The summed E-state index contributed by atoms with van der Waals surface area (Å²) in [6.45, 7) is 6.69. The molecule has 0 spiro atoms. The Morgan fingerprint density at radius 1 is 0.338 bits per heavy atom. The Kier molecular flexibility index (Phi) is 12.5. The van der Waals surface area contributed by atoms with Gasteiger partial charge in [-0.25, -0.2) is 0 Å².